The molecule has 0 rings (SSSR count). The summed E-state index contributed by atoms with van der Waals surface area (Å²) in [6.07, 6.45) is -9.06. The molecule has 16 nitrogen and oxygen atoms in total. The van der Waals surface area contributed by atoms with Gasteiger partial charge in [-0.3, -0.25) is 0 Å². The van der Waals surface area contributed by atoms with Gasteiger partial charge in [-0.1, -0.05) is 0 Å². The summed E-state index contributed by atoms with van der Waals surface area (Å²) in [5.41, 5.74) is -6.92. The third-order valence-electron chi connectivity index (χ3n) is 2.89. The number of carboxylic acid groups (broad SMARTS) is 6. The number of aliphatic carboxylic acids is 6. The van der Waals surface area contributed by atoms with Crippen molar-refractivity contribution in [2.75, 3.05) is 0 Å². The summed E-state index contributed by atoms with van der Waals surface area (Å²) in [6, 6.07) is 0. The van der Waals surface area contributed by atoms with E-state index < -0.39 is 72.1 Å². The van der Waals surface area contributed by atoms with Crippen LogP contribution in [0.25, 0.3) is 0 Å². The van der Waals surface area contributed by atoms with Crippen LogP contribution in [-0.4, -0.2) is 193 Å². The van der Waals surface area contributed by atoms with Crippen LogP contribution in [0.5, 0.6) is 0 Å². The van der Waals surface area contributed by atoms with Crippen LogP contribution in [0.4, 0.5) is 0 Å². The van der Waals surface area contributed by atoms with Gasteiger partial charge in [0.2, 0.25) is 0 Å². The van der Waals surface area contributed by atoms with Crippen molar-refractivity contribution < 1.29 is 79.8 Å². The molecule has 0 radical (unpaired) electrons. The quantitative estimate of drug-likeness (QED) is 0.190. The Kier molecular flexibility index (Phi) is 24.0. The first kappa shape index (κ1) is 41.7. The predicted octanol–water partition coefficient (Wildman–Crippen LogP) is -13.7. The molecule has 0 saturated heterocycles. The molecule has 0 aromatic rings. The number of hydrogen-bond donors (Lipinski definition) is 4. The van der Waals surface area contributed by atoms with E-state index in [1.165, 1.54) is 0 Å². The normalized spacial score (nSPS) is 15.1. The van der Waals surface area contributed by atoms with Crippen molar-refractivity contribution >= 4 is 149 Å². The summed E-state index contributed by atoms with van der Waals surface area (Å²) in [6.45, 7) is 0. The second kappa shape index (κ2) is 17.9. The second-order valence-corrected chi connectivity index (χ2v) is 4.96. The van der Waals surface area contributed by atoms with Gasteiger partial charge in [0.25, 0.3) is 0 Å². The van der Waals surface area contributed by atoms with Crippen LogP contribution in [0.1, 0.15) is 12.8 Å². The molecule has 0 aliphatic rings. The SMILES string of the molecule is O=C([O-])C[C@@](O)(C(=O)[O-])[C@H](O)C(=O)[O-].O=C([O-])C[C@@](O)(C(=O)[O-])[C@H](O)C(=O)[O-].[Ca+2].[Ca+2].[Ca+2]. The Balaban J connectivity index is -0.000000133. The van der Waals surface area contributed by atoms with E-state index in [-0.39, 0.29) is 113 Å². The fourth-order valence-electron chi connectivity index (χ4n) is 1.39. The van der Waals surface area contributed by atoms with Gasteiger partial charge in [0.1, 0.15) is 23.4 Å². The van der Waals surface area contributed by atoms with E-state index in [2.05, 4.69) is 0 Å². The van der Waals surface area contributed by atoms with Crippen LogP contribution in [-0.2, 0) is 28.8 Å². The fraction of sp³-hybridized carbons (Fsp3) is 0.500. The average molecular weight is 530 g/mol. The van der Waals surface area contributed by atoms with Crippen LogP contribution in [0.2, 0.25) is 0 Å². The molecule has 0 aromatic carbocycles. The largest absolute Gasteiger partial charge is 2.00 e. The van der Waals surface area contributed by atoms with Crippen molar-refractivity contribution in [3.63, 3.8) is 0 Å². The molecule has 4 atom stereocenters. The maximum atomic E-state index is 10.2. The van der Waals surface area contributed by atoms with Gasteiger partial charge in [-0.25, -0.2) is 0 Å². The van der Waals surface area contributed by atoms with E-state index in [4.69, 9.17) is 20.4 Å². The molecule has 0 fully saturated rings. The van der Waals surface area contributed by atoms with Gasteiger partial charge in [0.15, 0.2) is 0 Å². The number of rotatable bonds is 10. The van der Waals surface area contributed by atoms with E-state index in [1.54, 1.807) is 0 Å². The van der Waals surface area contributed by atoms with Gasteiger partial charge in [-0.15, -0.1) is 0 Å². The molecular formula is C12H10Ca3O16. The number of hydrogen-bond acceptors (Lipinski definition) is 16. The van der Waals surface area contributed by atoms with E-state index in [0.717, 1.165) is 0 Å². The van der Waals surface area contributed by atoms with Crippen molar-refractivity contribution in [1.82, 2.24) is 0 Å². The van der Waals surface area contributed by atoms with Crippen LogP contribution >= 0.6 is 0 Å². The third-order valence-corrected chi connectivity index (χ3v) is 2.89. The zero-order valence-corrected chi connectivity index (χ0v) is 22.0. The minimum Gasteiger partial charge on any atom is -0.550 e. The molecule has 0 aliphatic carbocycles. The van der Waals surface area contributed by atoms with Crippen molar-refractivity contribution in [2.24, 2.45) is 0 Å². The minimum atomic E-state index is -3.46. The van der Waals surface area contributed by atoms with E-state index in [1.807, 2.05) is 0 Å². The molecule has 4 N–H and O–H groups in total. The molecule has 160 valence electrons. The maximum absolute atomic E-state index is 10.2. The first-order chi connectivity index (χ1) is 12.4. The van der Waals surface area contributed by atoms with Crippen molar-refractivity contribution in [1.29, 1.82) is 0 Å². The summed E-state index contributed by atoms with van der Waals surface area (Å²) in [5.74, 6) is -13.7. The number of aliphatic hydroxyl groups excluding tert-OH is 2. The Labute approximate surface area is 261 Å². The van der Waals surface area contributed by atoms with Gasteiger partial charge in [-0.2, -0.15) is 0 Å². The van der Waals surface area contributed by atoms with Crippen molar-refractivity contribution in [3.05, 3.63) is 0 Å². The minimum absolute atomic E-state index is 0. The summed E-state index contributed by atoms with van der Waals surface area (Å²) in [5, 5.41) is 95.5. The van der Waals surface area contributed by atoms with Crippen LogP contribution in [0, 0.1) is 0 Å². The van der Waals surface area contributed by atoms with E-state index in [0.29, 0.717) is 0 Å². The molecule has 0 saturated carbocycles. The molecule has 31 heavy (non-hydrogen) atoms. The molecule has 0 aliphatic heterocycles. The number of carboxylic acids is 6. The molecular weight excluding hydrogens is 520 g/mol. The zero-order chi connectivity index (χ0) is 23.0. The van der Waals surface area contributed by atoms with Gasteiger partial charge in [0, 0.05) is 24.8 Å². The van der Waals surface area contributed by atoms with Gasteiger partial charge in [0.05, 0.1) is 23.9 Å². The van der Waals surface area contributed by atoms with Crippen LogP contribution in [0.3, 0.4) is 0 Å². The first-order valence-electron chi connectivity index (χ1n) is 6.48. The Morgan fingerprint density at radius 1 is 0.581 bits per heavy atom. The molecule has 0 amide bonds. The Morgan fingerprint density at radius 2 is 0.774 bits per heavy atom. The fourth-order valence-corrected chi connectivity index (χ4v) is 1.39. The van der Waals surface area contributed by atoms with Crippen LogP contribution in [0.15, 0.2) is 0 Å². The number of aliphatic hydroxyl groups is 4. The molecule has 0 heterocycles. The first-order valence-corrected chi connectivity index (χ1v) is 6.48. The molecule has 0 unspecified atom stereocenters. The van der Waals surface area contributed by atoms with Gasteiger partial charge < -0.3 is 79.8 Å². The summed E-state index contributed by atoms with van der Waals surface area (Å²) >= 11 is 0. The standard InChI is InChI=1S/2C6H8O8.3Ca/c2*7-2(8)1-6(14,5(12)13)3(9)4(10)11;;;/h2*3,9,14H,1H2,(H,7,8)(H,10,11)(H,12,13);;;/q;;3*+2/p-6/t2*3-,6+;;;/m11.../s1. The van der Waals surface area contributed by atoms with Gasteiger partial charge >= 0.3 is 113 Å². The second-order valence-electron chi connectivity index (χ2n) is 4.96. The molecule has 19 heteroatoms. The Bertz CT molecular complexity index is 612. The smallest absolute Gasteiger partial charge is 0.550 e. The van der Waals surface area contributed by atoms with Crippen molar-refractivity contribution in [3.8, 4) is 0 Å². The monoisotopic (exact) mass is 530 g/mol. The predicted molar refractivity (Wildman–Crippen MR) is 78.5 cm³/mol. The molecule has 0 spiro atoms. The third kappa shape index (κ3) is 13.7. The molecule has 0 aromatic heterocycles. The average Bonchev–Trinajstić information content (AvgIpc) is 2.51. The van der Waals surface area contributed by atoms with E-state index in [9.17, 15) is 59.4 Å². The summed E-state index contributed by atoms with van der Waals surface area (Å²) < 4.78 is 0. The van der Waals surface area contributed by atoms with Crippen molar-refractivity contribution in [2.45, 2.75) is 36.3 Å². The molecule has 0 bridgehead atoms. The Morgan fingerprint density at radius 3 is 0.871 bits per heavy atom. The number of carbonyl (C=O) groups excluding carboxylic acids is 6. The Hall–Kier alpha value is 0.439. The topological polar surface area (TPSA) is 322 Å². The number of carbonyl (C=O) groups is 6. The zero-order valence-electron chi connectivity index (χ0n) is 15.4. The van der Waals surface area contributed by atoms with Crippen LogP contribution < -0.4 is 30.6 Å². The summed E-state index contributed by atoms with van der Waals surface area (Å²) in [4.78, 5) is 60.3. The summed E-state index contributed by atoms with van der Waals surface area (Å²) in [7, 11) is 0. The van der Waals surface area contributed by atoms with E-state index >= 15 is 0 Å². The van der Waals surface area contributed by atoms with Gasteiger partial charge in [-0.05, 0) is 0 Å². The maximum Gasteiger partial charge on any atom is 2.00 e.